The van der Waals surface area contributed by atoms with Crippen LogP contribution in [0.2, 0.25) is 0 Å². The lowest BCUT2D eigenvalue weighted by Crippen LogP contribution is -2.43. The van der Waals surface area contributed by atoms with E-state index in [4.69, 9.17) is 9.26 Å². The number of carbonyl (C=O) groups excluding carboxylic acids is 1. The van der Waals surface area contributed by atoms with Gasteiger partial charge in [0.05, 0.1) is 11.5 Å². The van der Waals surface area contributed by atoms with E-state index >= 15 is 0 Å². The number of amides is 1. The minimum Gasteiger partial charge on any atom is -0.365 e. The number of aromatic nitrogens is 1. The summed E-state index contributed by atoms with van der Waals surface area (Å²) >= 11 is 1.60. The van der Waals surface area contributed by atoms with Gasteiger partial charge in [-0.15, -0.1) is 11.3 Å². The van der Waals surface area contributed by atoms with E-state index in [0.717, 1.165) is 23.7 Å². The highest BCUT2D eigenvalue weighted by Gasteiger charge is 2.17. The maximum atomic E-state index is 11.9. The minimum absolute atomic E-state index is 0.0384. The van der Waals surface area contributed by atoms with Gasteiger partial charge in [0.1, 0.15) is 12.3 Å². The van der Waals surface area contributed by atoms with E-state index in [-0.39, 0.29) is 19.1 Å². The van der Waals surface area contributed by atoms with E-state index in [1.165, 1.54) is 19.3 Å². The van der Waals surface area contributed by atoms with E-state index in [2.05, 4.69) is 22.3 Å². The summed E-state index contributed by atoms with van der Waals surface area (Å²) in [6.45, 7) is 5.26. The number of hydrogen-bond acceptors (Lipinski definition) is 6. The van der Waals surface area contributed by atoms with Crippen LogP contribution in [-0.4, -0.2) is 48.2 Å². The third-order valence-corrected chi connectivity index (χ3v) is 5.35. The molecule has 0 spiro atoms. The van der Waals surface area contributed by atoms with Crippen molar-refractivity contribution in [3.63, 3.8) is 0 Å². The molecule has 1 N–H and O–H groups in total. The second-order valence-electron chi connectivity index (χ2n) is 6.38. The number of nitrogens with one attached hydrogen (secondary N) is 1. The van der Waals surface area contributed by atoms with E-state index < -0.39 is 0 Å². The Morgan fingerprint density at radius 3 is 3.24 bits per heavy atom. The number of rotatable bonds is 8. The van der Waals surface area contributed by atoms with Gasteiger partial charge in [0.25, 0.3) is 0 Å². The summed E-state index contributed by atoms with van der Waals surface area (Å²) in [6.07, 6.45) is 3.82. The largest absolute Gasteiger partial charge is 0.365 e. The first kappa shape index (κ1) is 18.1. The predicted molar refractivity (Wildman–Crippen MR) is 97.4 cm³/mol. The van der Waals surface area contributed by atoms with Crippen molar-refractivity contribution in [3.8, 4) is 10.6 Å². The molecular weight excluding hydrogens is 338 g/mol. The van der Waals surface area contributed by atoms with Gasteiger partial charge in [-0.25, -0.2) is 0 Å². The molecule has 0 unspecified atom stereocenters. The molecular formula is C18H25N3O3S. The van der Waals surface area contributed by atoms with Crippen LogP contribution in [0.1, 0.15) is 31.9 Å². The van der Waals surface area contributed by atoms with E-state index in [1.807, 2.05) is 23.6 Å². The van der Waals surface area contributed by atoms with Crippen LogP contribution >= 0.6 is 11.3 Å². The normalized spacial score (nSPS) is 18.4. The molecule has 3 rings (SSSR count). The molecule has 25 heavy (non-hydrogen) atoms. The van der Waals surface area contributed by atoms with Crippen LogP contribution in [0.25, 0.3) is 10.6 Å². The number of piperidine rings is 1. The Hall–Kier alpha value is -1.70. The lowest BCUT2D eigenvalue weighted by Gasteiger charge is -2.33. The summed E-state index contributed by atoms with van der Waals surface area (Å²) in [5, 5.41) is 8.87. The molecule has 2 aromatic heterocycles. The minimum atomic E-state index is -0.0911. The van der Waals surface area contributed by atoms with Crippen LogP contribution in [-0.2, 0) is 16.1 Å². The monoisotopic (exact) mass is 363 g/mol. The highest BCUT2D eigenvalue weighted by atomic mass is 32.1. The standard InChI is InChI=1S/C18H25N3O3S/c1-14-5-2-3-8-21(14)9-7-19-18(22)13-23-12-15-11-16(24-20-15)17-6-4-10-25-17/h4,6,10-11,14H,2-3,5,7-9,12-13H2,1H3,(H,19,22)/t14-/m0/s1. The third kappa shape index (κ3) is 5.39. The van der Waals surface area contributed by atoms with Gasteiger partial charge >= 0.3 is 0 Å². The van der Waals surface area contributed by atoms with E-state index in [0.29, 0.717) is 18.3 Å². The molecule has 0 aliphatic carbocycles. The predicted octanol–water partition coefficient (Wildman–Crippen LogP) is 2.91. The number of nitrogens with zero attached hydrogens (tertiary/aromatic N) is 2. The highest BCUT2D eigenvalue weighted by Crippen LogP contribution is 2.25. The zero-order valence-corrected chi connectivity index (χ0v) is 15.4. The Balaban J connectivity index is 1.31. The van der Waals surface area contributed by atoms with Crippen molar-refractivity contribution in [1.82, 2.24) is 15.4 Å². The lowest BCUT2D eigenvalue weighted by molar-refractivity contribution is -0.126. The topological polar surface area (TPSA) is 67.6 Å². The molecule has 0 radical (unpaired) electrons. The number of carbonyl (C=O) groups is 1. The van der Waals surface area contributed by atoms with Crippen molar-refractivity contribution in [1.29, 1.82) is 0 Å². The Labute approximate surface area is 152 Å². The summed E-state index contributed by atoms with van der Waals surface area (Å²) in [5.74, 6) is 0.639. The summed E-state index contributed by atoms with van der Waals surface area (Å²) in [7, 11) is 0. The Morgan fingerprint density at radius 1 is 1.52 bits per heavy atom. The zero-order valence-electron chi connectivity index (χ0n) is 14.6. The third-order valence-electron chi connectivity index (χ3n) is 4.47. The van der Waals surface area contributed by atoms with Crippen molar-refractivity contribution in [2.45, 2.75) is 38.8 Å². The van der Waals surface area contributed by atoms with Crippen LogP contribution in [0.5, 0.6) is 0 Å². The van der Waals surface area contributed by atoms with Gasteiger partial charge in [0.15, 0.2) is 5.76 Å². The number of thiophene rings is 1. The highest BCUT2D eigenvalue weighted by molar-refractivity contribution is 7.13. The van der Waals surface area contributed by atoms with Gasteiger partial charge in [-0.3, -0.25) is 9.69 Å². The number of hydrogen-bond donors (Lipinski definition) is 1. The first-order chi connectivity index (χ1) is 12.2. The van der Waals surface area contributed by atoms with Gasteiger partial charge in [-0.2, -0.15) is 0 Å². The summed E-state index contributed by atoms with van der Waals surface area (Å²) in [4.78, 5) is 15.3. The molecule has 1 saturated heterocycles. The molecule has 7 heteroatoms. The van der Waals surface area contributed by atoms with Crippen molar-refractivity contribution in [2.75, 3.05) is 26.2 Å². The average molecular weight is 363 g/mol. The first-order valence-electron chi connectivity index (χ1n) is 8.80. The quantitative estimate of drug-likeness (QED) is 0.781. The second kappa shape index (κ2) is 9.12. The average Bonchev–Trinajstić information content (AvgIpc) is 3.28. The summed E-state index contributed by atoms with van der Waals surface area (Å²) in [5.41, 5.74) is 0.693. The van der Waals surface area contributed by atoms with Gasteiger partial charge in [0.2, 0.25) is 5.91 Å². The van der Waals surface area contributed by atoms with Crippen LogP contribution < -0.4 is 5.32 Å². The van der Waals surface area contributed by atoms with Crippen LogP contribution in [0.3, 0.4) is 0 Å². The smallest absolute Gasteiger partial charge is 0.246 e. The van der Waals surface area contributed by atoms with E-state index in [9.17, 15) is 4.79 Å². The molecule has 3 heterocycles. The van der Waals surface area contributed by atoms with Crippen molar-refractivity contribution < 1.29 is 14.1 Å². The Morgan fingerprint density at radius 2 is 2.44 bits per heavy atom. The fourth-order valence-electron chi connectivity index (χ4n) is 3.04. The molecule has 1 amide bonds. The van der Waals surface area contributed by atoms with Gasteiger partial charge in [-0.1, -0.05) is 17.6 Å². The molecule has 6 nitrogen and oxygen atoms in total. The molecule has 0 aromatic carbocycles. The van der Waals surface area contributed by atoms with E-state index in [1.54, 1.807) is 11.3 Å². The van der Waals surface area contributed by atoms with Gasteiger partial charge < -0.3 is 14.6 Å². The first-order valence-corrected chi connectivity index (χ1v) is 9.68. The fourth-order valence-corrected chi connectivity index (χ4v) is 3.72. The Kier molecular flexibility index (Phi) is 6.61. The van der Waals surface area contributed by atoms with Crippen LogP contribution in [0.15, 0.2) is 28.1 Å². The van der Waals surface area contributed by atoms with Crippen LogP contribution in [0.4, 0.5) is 0 Å². The molecule has 2 aromatic rings. The van der Waals surface area contributed by atoms with Crippen LogP contribution in [0, 0.1) is 0 Å². The molecule has 1 atom stereocenters. The van der Waals surface area contributed by atoms with Gasteiger partial charge in [0, 0.05) is 25.2 Å². The molecule has 136 valence electrons. The lowest BCUT2D eigenvalue weighted by atomic mass is 10.0. The Bertz CT molecular complexity index is 656. The van der Waals surface area contributed by atoms with Crippen molar-refractivity contribution >= 4 is 17.2 Å². The molecule has 0 saturated carbocycles. The van der Waals surface area contributed by atoms with Gasteiger partial charge in [-0.05, 0) is 37.8 Å². The second-order valence-corrected chi connectivity index (χ2v) is 7.33. The number of ether oxygens (including phenoxy) is 1. The summed E-state index contributed by atoms with van der Waals surface area (Å²) in [6, 6.07) is 6.41. The molecule has 1 fully saturated rings. The zero-order chi connectivity index (χ0) is 17.5. The van der Waals surface area contributed by atoms with Crippen molar-refractivity contribution in [3.05, 3.63) is 29.3 Å². The molecule has 1 aliphatic heterocycles. The maximum absolute atomic E-state index is 11.9. The SMILES string of the molecule is C[C@H]1CCCCN1CCNC(=O)COCc1cc(-c2cccs2)on1. The summed E-state index contributed by atoms with van der Waals surface area (Å²) < 4.78 is 10.7. The maximum Gasteiger partial charge on any atom is 0.246 e. The number of likely N-dealkylation sites (tertiary alicyclic amines) is 1. The molecule has 0 bridgehead atoms. The molecule has 1 aliphatic rings. The fraction of sp³-hybridized carbons (Fsp3) is 0.556. The van der Waals surface area contributed by atoms with Crippen molar-refractivity contribution in [2.24, 2.45) is 0 Å².